The molecule has 2 aromatic carbocycles. The van der Waals surface area contributed by atoms with Crippen LogP contribution in [-0.2, 0) is 5.75 Å². The van der Waals surface area contributed by atoms with Gasteiger partial charge in [0, 0.05) is 17.0 Å². The number of carboxylic acids is 1. The first-order chi connectivity index (χ1) is 10.1. The second kappa shape index (κ2) is 6.95. The molecule has 0 spiro atoms. The monoisotopic (exact) mass is 301 g/mol. The number of amides is 1. The van der Waals surface area contributed by atoms with Gasteiger partial charge in [0.1, 0.15) is 0 Å². The van der Waals surface area contributed by atoms with E-state index in [9.17, 15) is 9.59 Å². The fourth-order valence-electron chi connectivity index (χ4n) is 1.82. The number of carbonyl (C=O) groups excluding carboxylic acids is 1. The average Bonchev–Trinajstić information content (AvgIpc) is 2.49. The van der Waals surface area contributed by atoms with E-state index in [4.69, 9.17) is 5.11 Å². The van der Waals surface area contributed by atoms with Crippen LogP contribution in [0.25, 0.3) is 0 Å². The van der Waals surface area contributed by atoms with Gasteiger partial charge in [0.2, 0.25) is 0 Å². The molecular weight excluding hydrogens is 286 g/mol. The third-order valence-electron chi connectivity index (χ3n) is 2.92. The van der Waals surface area contributed by atoms with Crippen LogP contribution in [0.3, 0.4) is 0 Å². The molecule has 21 heavy (non-hydrogen) atoms. The van der Waals surface area contributed by atoms with Gasteiger partial charge in [0.05, 0.1) is 5.56 Å². The molecule has 0 bridgehead atoms. The minimum absolute atomic E-state index is 0.189. The van der Waals surface area contributed by atoms with Gasteiger partial charge in [-0.2, -0.15) is 11.8 Å². The van der Waals surface area contributed by atoms with Crippen molar-refractivity contribution in [2.75, 3.05) is 11.6 Å². The minimum atomic E-state index is -0.989. The van der Waals surface area contributed by atoms with E-state index in [-0.39, 0.29) is 11.5 Å². The topological polar surface area (TPSA) is 66.4 Å². The Balaban J connectivity index is 2.05. The maximum absolute atomic E-state index is 12.1. The van der Waals surface area contributed by atoms with Crippen LogP contribution in [-0.4, -0.2) is 23.2 Å². The molecule has 1 amide bonds. The molecule has 4 nitrogen and oxygen atoms in total. The van der Waals surface area contributed by atoms with E-state index in [0.29, 0.717) is 11.3 Å². The number of thioether (sulfide) groups is 1. The summed E-state index contributed by atoms with van der Waals surface area (Å²) in [4.78, 5) is 22.8. The van der Waals surface area contributed by atoms with Gasteiger partial charge in [0.25, 0.3) is 5.91 Å². The summed E-state index contributed by atoms with van der Waals surface area (Å²) in [6, 6.07) is 13.5. The third kappa shape index (κ3) is 4.10. The third-order valence-corrected chi connectivity index (χ3v) is 3.54. The fourth-order valence-corrected chi connectivity index (χ4v) is 2.34. The van der Waals surface area contributed by atoms with Gasteiger partial charge in [-0.3, -0.25) is 4.79 Å². The molecule has 2 N–H and O–H groups in total. The van der Waals surface area contributed by atoms with Crippen LogP contribution < -0.4 is 5.32 Å². The molecule has 0 aromatic heterocycles. The van der Waals surface area contributed by atoms with Crippen LogP contribution in [0.5, 0.6) is 0 Å². The Labute approximate surface area is 127 Å². The minimum Gasteiger partial charge on any atom is -0.478 e. The second-order valence-corrected chi connectivity index (χ2v) is 5.33. The predicted molar refractivity (Wildman–Crippen MR) is 85.0 cm³/mol. The number of carboxylic acid groups (broad SMARTS) is 1. The second-order valence-electron chi connectivity index (χ2n) is 4.47. The van der Waals surface area contributed by atoms with E-state index < -0.39 is 5.97 Å². The maximum atomic E-state index is 12.1. The van der Waals surface area contributed by atoms with Crippen molar-refractivity contribution < 1.29 is 14.7 Å². The van der Waals surface area contributed by atoms with Gasteiger partial charge < -0.3 is 10.4 Å². The highest BCUT2D eigenvalue weighted by atomic mass is 32.2. The van der Waals surface area contributed by atoms with Gasteiger partial charge in [-0.15, -0.1) is 0 Å². The first-order valence-electron chi connectivity index (χ1n) is 6.33. The summed E-state index contributed by atoms with van der Waals surface area (Å²) >= 11 is 1.73. The van der Waals surface area contributed by atoms with E-state index >= 15 is 0 Å². The van der Waals surface area contributed by atoms with Crippen molar-refractivity contribution in [1.82, 2.24) is 0 Å². The molecule has 5 heteroatoms. The maximum Gasteiger partial charge on any atom is 0.335 e. The number of rotatable bonds is 5. The van der Waals surface area contributed by atoms with Crippen LogP contribution in [0.15, 0.2) is 48.5 Å². The molecule has 0 saturated heterocycles. The molecule has 2 rings (SSSR count). The number of carbonyl (C=O) groups is 2. The number of nitrogens with one attached hydrogen (secondary N) is 1. The van der Waals surface area contributed by atoms with E-state index in [0.717, 1.165) is 5.75 Å². The lowest BCUT2D eigenvalue weighted by molar-refractivity contribution is 0.0696. The molecule has 0 aliphatic carbocycles. The number of benzene rings is 2. The summed E-state index contributed by atoms with van der Waals surface area (Å²) in [6.45, 7) is 0. The summed E-state index contributed by atoms with van der Waals surface area (Å²) in [6.07, 6.45) is 2.03. The first kappa shape index (κ1) is 15.1. The smallest absolute Gasteiger partial charge is 0.335 e. The molecular formula is C16H15NO3S. The zero-order valence-electron chi connectivity index (χ0n) is 11.5. The normalized spacial score (nSPS) is 10.1. The van der Waals surface area contributed by atoms with Gasteiger partial charge in [-0.05, 0) is 48.2 Å². The van der Waals surface area contributed by atoms with Crippen molar-refractivity contribution >= 4 is 29.3 Å². The highest BCUT2D eigenvalue weighted by Crippen LogP contribution is 2.14. The van der Waals surface area contributed by atoms with Crippen LogP contribution in [0.4, 0.5) is 5.69 Å². The Hall–Kier alpha value is -2.27. The van der Waals surface area contributed by atoms with Crippen LogP contribution in [0.2, 0.25) is 0 Å². The van der Waals surface area contributed by atoms with Gasteiger partial charge in [-0.1, -0.05) is 12.1 Å². The van der Waals surface area contributed by atoms with Crippen LogP contribution in [0, 0.1) is 0 Å². The highest BCUT2D eigenvalue weighted by Gasteiger charge is 2.07. The molecule has 0 radical (unpaired) electrons. The molecule has 108 valence electrons. The Morgan fingerprint density at radius 1 is 1.00 bits per heavy atom. The van der Waals surface area contributed by atoms with Crippen LogP contribution >= 0.6 is 11.8 Å². The Kier molecular flexibility index (Phi) is 5.00. The number of hydrogen-bond acceptors (Lipinski definition) is 3. The van der Waals surface area contributed by atoms with Gasteiger partial charge in [0.15, 0.2) is 0 Å². The lowest BCUT2D eigenvalue weighted by Crippen LogP contribution is -2.12. The van der Waals surface area contributed by atoms with E-state index in [1.165, 1.54) is 17.7 Å². The SMILES string of the molecule is CSCc1ccc(C(=O)Nc2ccc(C(=O)O)cc2)cc1. The largest absolute Gasteiger partial charge is 0.478 e. The fraction of sp³-hybridized carbons (Fsp3) is 0.125. The Morgan fingerprint density at radius 3 is 2.10 bits per heavy atom. The van der Waals surface area contributed by atoms with E-state index in [1.54, 1.807) is 36.0 Å². The van der Waals surface area contributed by atoms with Crippen molar-refractivity contribution in [3.05, 3.63) is 65.2 Å². The van der Waals surface area contributed by atoms with Crippen molar-refractivity contribution in [2.24, 2.45) is 0 Å². The van der Waals surface area contributed by atoms with Gasteiger partial charge in [-0.25, -0.2) is 4.79 Å². The van der Waals surface area contributed by atoms with Crippen molar-refractivity contribution in [2.45, 2.75) is 5.75 Å². The molecule has 2 aromatic rings. The van der Waals surface area contributed by atoms with E-state index in [1.807, 2.05) is 18.4 Å². The standard InChI is InChI=1S/C16H15NO3S/c1-21-10-11-2-4-12(5-3-11)15(18)17-14-8-6-13(7-9-14)16(19)20/h2-9H,10H2,1H3,(H,17,18)(H,19,20). The predicted octanol–water partition coefficient (Wildman–Crippen LogP) is 3.50. The summed E-state index contributed by atoms with van der Waals surface area (Å²) in [7, 11) is 0. The molecule has 0 heterocycles. The van der Waals surface area contributed by atoms with Crippen molar-refractivity contribution in [3.8, 4) is 0 Å². The molecule has 0 aliphatic rings. The Morgan fingerprint density at radius 2 is 1.57 bits per heavy atom. The molecule has 0 aliphatic heterocycles. The van der Waals surface area contributed by atoms with Gasteiger partial charge >= 0.3 is 5.97 Å². The lowest BCUT2D eigenvalue weighted by atomic mass is 10.1. The number of hydrogen-bond donors (Lipinski definition) is 2. The molecule has 0 atom stereocenters. The van der Waals surface area contributed by atoms with Crippen molar-refractivity contribution in [1.29, 1.82) is 0 Å². The zero-order chi connectivity index (χ0) is 15.2. The summed E-state index contributed by atoms with van der Waals surface area (Å²) in [5.41, 5.74) is 2.50. The average molecular weight is 301 g/mol. The molecule has 0 unspecified atom stereocenters. The highest BCUT2D eigenvalue weighted by molar-refractivity contribution is 7.97. The summed E-state index contributed by atoms with van der Waals surface area (Å²) in [5.74, 6) is -0.288. The van der Waals surface area contributed by atoms with Crippen LogP contribution in [0.1, 0.15) is 26.3 Å². The number of aromatic carboxylic acids is 1. The summed E-state index contributed by atoms with van der Waals surface area (Å²) < 4.78 is 0. The quantitative estimate of drug-likeness (QED) is 0.887. The summed E-state index contributed by atoms with van der Waals surface area (Å²) in [5, 5.41) is 11.6. The Bertz CT molecular complexity index is 636. The molecule has 0 fully saturated rings. The molecule has 0 saturated carbocycles. The zero-order valence-corrected chi connectivity index (χ0v) is 12.3. The van der Waals surface area contributed by atoms with E-state index in [2.05, 4.69) is 5.32 Å². The van der Waals surface area contributed by atoms with Crippen molar-refractivity contribution in [3.63, 3.8) is 0 Å². The first-order valence-corrected chi connectivity index (χ1v) is 7.72. The lowest BCUT2D eigenvalue weighted by Gasteiger charge is -2.06. The number of anilines is 1.